The molecule has 7 heteroatoms. The molecule has 1 aromatic rings. The summed E-state index contributed by atoms with van der Waals surface area (Å²) in [5.74, 6) is -0.323. The van der Waals surface area contributed by atoms with Crippen LogP contribution >= 0.6 is 11.5 Å². The summed E-state index contributed by atoms with van der Waals surface area (Å²) in [7, 11) is 0. The third-order valence-corrected chi connectivity index (χ3v) is 2.73. The van der Waals surface area contributed by atoms with Crippen LogP contribution in [0.3, 0.4) is 0 Å². The highest BCUT2D eigenvalue weighted by atomic mass is 32.1. The number of carbonyl (C=O) groups excluding carboxylic acids is 1. The molecule has 0 radical (unpaired) electrons. The Balaban J connectivity index is 3.02. The van der Waals surface area contributed by atoms with Crippen molar-refractivity contribution in [3.63, 3.8) is 0 Å². The van der Waals surface area contributed by atoms with Crippen molar-refractivity contribution in [1.82, 2.24) is 9.69 Å². The van der Waals surface area contributed by atoms with E-state index in [1.165, 1.54) is 0 Å². The number of aromatic nitrogens is 1. The van der Waals surface area contributed by atoms with Gasteiger partial charge >= 0.3 is 6.16 Å². The zero-order valence-electron chi connectivity index (χ0n) is 9.81. The summed E-state index contributed by atoms with van der Waals surface area (Å²) in [6, 6.07) is -0.0349. The van der Waals surface area contributed by atoms with Gasteiger partial charge in [0.1, 0.15) is 0 Å². The molecule has 0 atom stereocenters. The number of ether oxygens (including phenoxy) is 1. The third kappa shape index (κ3) is 3.42. The maximum atomic E-state index is 11.8. The molecule has 2 N–H and O–H groups in total. The van der Waals surface area contributed by atoms with Gasteiger partial charge in [-0.25, -0.2) is 4.79 Å². The summed E-state index contributed by atoms with van der Waals surface area (Å²) in [5, 5.41) is 11.3. The Labute approximate surface area is 103 Å². The van der Waals surface area contributed by atoms with E-state index in [-0.39, 0.29) is 22.6 Å². The van der Waals surface area contributed by atoms with Crippen LogP contribution in [0.25, 0.3) is 0 Å². The van der Waals surface area contributed by atoms with E-state index in [1.54, 1.807) is 0 Å². The zero-order chi connectivity index (χ0) is 13.0. The topological polar surface area (TPSA) is 88.5 Å². The van der Waals surface area contributed by atoms with E-state index in [1.807, 2.05) is 20.8 Å². The van der Waals surface area contributed by atoms with Crippen molar-refractivity contribution in [2.24, 2.45) is 0 Å². The molecule has 1 rings (SSSR count). The average molecular weight is 258 g/mol. The van der Waals surface area contributed by atoms with Crippen molar-refractivity contribution in [2.75, 3.05) is 0 Å². The molecule has 0 fully saturated rings. The molecule has 0 aromatic carbocycles. The normalized spacial score (nSPS) is 10.4. The number of nitrogens with zero attached hydrogens (tertiary/aromatic N) is 1. The van der Waals surface area contributed by atoms with Crippen molar-refractivity contribution in [3.8, 4) is 5.75 Å². The van der Waals surface area contributed by atoms with Crippen molar-refractivity contribution < 1.29 is 19.4 Å². The largest absolute Gasteiger partial charge is 0.511 e. The first kappa shape index (κ1) is 13.4. The molecule has 0 bridgehead atoms. The third-order valence-electron chi connectivity index (χ3n) is 1.87. The van der Waals surface area contributed by atoms with Gasteiger partial charge in [0.2, 0.25) is 0 Å². The lowest BCUT2D eigenvalue weighted by molar-refractivity contribution is 0.0943. The van der Waals surface area contributed by atoms with E-state index in [0.717, 1.165) is 11.5 Å². The van der Waals surface area contributed by atoms with Gasteiger partial charge in [-0.3, -0.25) is 4.79 Å². The fraction of sp³-hybridized carbons (Fsp3) is 0.500. The minimum absolute atomic E-state index is 0.0349. The second kappa shape index (κ2) is 5.62. The van der Waals surface area contributed by atoms with Crippen LogP contribution in [0, 0.1) is 0 Å². The van der Waals surface area contributed by atoms with E-state index in [2.05, 4.69) is 14.4 Å². The number of carboxylic acid groups (broad SMARTS) is 1. The highest BCUT2D eigenvalue weighted by Crippen LogP contribution is 2.28. The molecule has 0 saturated carbocycles. The average Bonchev–Trinajstić information content (AvgIpc) is 2.58. The van der Waals surface area contributed by atoms with Crippen LogP contribution in [0.1, 0.15) is 36.1 Å². The van der Waals surface area contributed by atoms with E-state index in [0.29, 0.717) is 12.1 Å². The van der Waals surface area contributed by atoms with Gasteiger partial charge in [-0.05, 0) is 31.8 Å². The second-order valence-corrected chi connectivity index (χ2v) is 4.41. The molecule has 0 unspecified atom stereocenters. The Morgan fingerprint density at radius 2 is 2.18 bits per heavy atom. The smallest absolute Gasteiger partial charge is 0.449 e. The Morgan fingerprint density at radius 1 is 1.53 bits per heavy atom. The standard InChI is InChI=1S/C10H14N2O4S/c1-4-6-7(16-10(14)15)8(17-12-6)9(13)11-5(2)3/h5H,4H2,1-3H3,(H,11,13)(H,14,15). The number of hydrogen-bond acceptors (Lipinski definition) is 5. The van der Waals surface area contributed by atoms with Gasteiger partial charge in [0.05, 0.1) is 5.69 Å². The SMILES string of the molecule is CCc1nsc(C(=O)NC(C)C)c1OC(=O)O. The molecule has 17 heavy (non-hydrogen) atoms. The summed E-state index contributed by atoms with van der Waals surface area (Å²) >= 11 is 0.942. The fourth-order valence-electron chi connectivity index (χ4n) is 1.20. The predicted molar refractivity (Wildman–Crippen MR) is 62.7 cm³/mol. The number of nitrogens with one attached hydrogen (secondary N) is 1. The minimum Gasteiger partial charge on any atom is -0.449 e. The van der Waals surface area contributed by atoms with Gasteiger partial charge in [-0.2, -0.15) is 4.37 Å². The molecule has 1 heterocycles. The first-order chi connectivity index (χ1) is 7.95. The summed E-state index contributed by atoms with van der Waals surface area (Å²) in [4.78, 5) is 22.5. The highest BCUT2D eigenvalue weighted by Gasteiger charge is 2.22. The molecule has 0 spiro atoms. The first-order valence-corrected chi connectivity index (χ1v) is 5.93. The molecule has 1 aromatic heterocycles. The van der Waals surface area contributed by atoms with Gasteiger partial charge in [-0.1, -0.05) is 6.92 Å². The monoisotopic (exact) mass is 258 g/mol. The van der Waals surface area contributed by atoms with Gasteiger partial charge in [-0.15, -0.1) is 0 Å². The molecule has 0 aliphatic rings. The van der Waals surface area contributed by atoms with Crippen LogP contribution in [0.5, 0.6) is 5.75 Å². The predicted octanol–water partition coefficient (Wildman–Crippen LogP) is 1.90. The van der Waals surface area contributed by atoms with Gasteiger partial charge in [0.25, 0.3) is 5.91 Å². The molecular formula is C10H14N2O4S. The molecular weight excluding hydrogens is 244 g/mol. The van der Waals surface area contributed by atoms with Gasteiger partial charge in [0, 0.05) is 6.04 Å². The minimum atomic E-state index is -1.45. The number of carbonyl (C=O) groups is 2. The van der Waals surface area contributed by atoms with Gasteiger partial charge in [0.15, 0.2) is 10.6 Å². The Morgan fingerprint density at radius 3 is 2.65 bits per heavy atom. The molecule has 1 amide bonds. The zero-order valence-corrected chi connectivity index (χ0v) is 10.6. The Bertz CT molecular complexity index is 428. The highest BCUT2D eigenvalue weighted by molar-refractivity contribution is 7.08. The van der Waals surface area contributed by atoms with Crippen LogP contribution in [-0.4, -0.2) is 27.6 Å². The summed E-state index contributed by atoms with van der Waals surface area (Å²) in [6.07, 6.45) is -0.938. The summed E-state index contributed by atoms with van der Waals surface area (Å²) in [6.45, 7) is 5.45. The molecule has 0 aliphatic heterocycles. The molecule has 0 saturated heterocycles. The van der Waals surface area contributed by atoms with Crippen LogP contribution in [-0.2, 0) is 6.42 Å². The van der Waals surface area contributed by atoms with Crippen LogP contribution in [0.15, 0.2) is 0 Å². The van der Waals surface area contributed by atoms with E-state index in [9.17, 15) is 9.59 Å². The molecule has 94 valence electrons. The summed E-state index contributed by atoms with van der Waals surface area (Å²) in [5.41, 5.74) is 0.478. The number of hydrogen-bond donors (Lipinski definition) is 2. The van der Waals surface area contributed by atoms with Crippen LogP contribution in [0.4, 0.5) is 4.79 Å². The first-order valence-electron chi connectivity index (χ1n) is 5.15. The van der Waals surface area contributed by atoms with Crippen molar-refractivity contribution in [2.45, 2.75) is 33.2 Å². The van der Waals surface area contributed by atoms with E-state index in [4.69, 9.17) is 5.11 Å². The van der Waals surface area contributed by atoms with Crippen molar-refractivity contribution in [1.29, 1.82) is 0 Å². The van der Waals surface area contributed by atoms with E-state index < -0.39 is 6.16 Å². The molecule has 0 aliphatic carbocycles. The van der Waals surface area contributed by atoms with Crippen molar-refractivity contribution in [3.05, 3.63) is 10.6 Å². The molecule has 6 nitrogen and oxygen atoms in total. The van der Waals surface area contributed by atoms with Gasteiger partial charge < -0.3 is 15.2 Å². The number of aryl methyl sites for hydroxylation is 1. The second-order valence-electron chi connectivity index (χ2n) is 3.64. The lowest BCUT2D eigenvalue weighted by Gasteiger charge is -2.07. The lowest BCUT2D eigenvalue weighted by Crippen LogP contribution is -2.29. The number of amides is 1. The maximum Gasteiger partial charge on any atom is 0.511 e. The maximum absolute atomic E-state index is 11.8. The summed E-state index contributed by atoms with van der Waals surface area (Å²) < 4.78 is 8.62. The fourth-order valence-corrected chi connectivity index (χ4v) is 2.00. The van der Waals surface area contributed by atoms with Crippen molar-refractivity contribution >= 4 is 23.6 Å². The number of rotatable bonds is 4. The van der Waals surface area contributed by atoms with E-state index >= 15 is 0 Å². The lowest BCUT2D eigenvalue weighted by atomic mass is 10.2. The van der Waals surface area contributed by atoms with Crippen LogP contribution < -0.4 is 10.1 Å². The quantitative estimate of drug-likeness (QED) is 0.805. The Kier molecular flexibility index (Phi) is 4.45. The van der Waals surface area contributed by atoms with Crippen LogP contribution in [0.2, 0.25) is 0 Å². The Hall–Kier alpha value is -1.63.